The molecule has 0 amide bonds. The lowest BCUT2D eigenvalue weighted by molar-refractivity contribution is 0.324. The van der Waals surface area contributed by atoms with Crippen LogP contribution in [0.3, 0.4) is 0 Å². The van der Waals surface area contributed by atoms with Crippen LogP contribution >= 0.6 is 0 Å². The summed E-state index contributed by atoms with van der Waals surface area (Å²) < 4.78 is 0. The number of nitrogens with zero attached hydrogens (tertiary/aromatic N) is 1. The van der Waals surface area contributed by atoms with Crippen molar-refractivity contribution in [1.29, 1.82) is 0 Å². The number of fused-ring (bicyclic) bond motifs is 1. The molecule has 0 saturated carbocycles. The van der Waals surface area contributed by atoms with E-state index in [1.165, 1.54) is 18.4 Å². The van der Waals surface area contributed by atoms with Gasteiger partial charge >= 0.3 is 0 Å². The average molecular weight is 229 g/mol. The van der Waals surface area contributed by atoms with E-state index in [9.17, 15) is 0 Å². The molecule has 1 fully saturated rings. The number of nitrogens with one attached hydrogen (secondary N) is 1. The molecule has 1 saturated heterocycles. The fraction of sp³-hybridized carbons (Fsp3) is 0.500. The molecule has 2 aliphatic heterocycles. The molecule has 2 aliphatic rings. The van der Waals surface area contributed by atoms with Gasteiger partial charge in [0.15, 0.2) is 0 Å². The van der Waals surface area contributed by atoms with Crippen LogP contribution in [0.2, 0.25) is 0 Å². The summed E-state index contributed by atoms with van der Waals surface area (Å²) in [6.45, 7) is 3.14. The van der Waals surface area contributed by atoms with Crippen LogP contribution in [0.15, 0.2) is 29.3 Å². The van der Waals surface area contributed by atoms with Crippen LogP contribution in [0.5, 0.6) is 0 Å². The van der Waals surface area contributed by atoms with Gasteiger partial charge in [0.05, 0.1) is 0 Å². The van der Waals surface area contributed by atoms with Crippen molar-refractivity contribution in [2.45, 2.75) is 18.8 Å². The number of nitrogens with two attached hydrogens (primary N) is 1. The maximum atomic E-state index is 5.97. The first kappa shape index (κ1) is 10.8. The second kappa shape index (κ2) is 4.49. The van der Waals surface area contributed by atoms with Gasteiger partial charge in [-0.15, -0.1) is 0 Å². The highest BCUT2D eigenvalue weighted by Crippen LogP contribution is 2.34. The molecule has 0 aliphatic carbocycles. The molecule has 0 spiro atoms. The second-order valence-corrected chi connectivity index (χ2v) is 5.03. The van der Waals surface area contributed by atoms with Gasteiger partial charge in [-0.25, -0.2) is 0 Å². The zero-order chi connectivity index (χ0) is 11.7. The number of hydrogen-bond donors (Lipinski definition) is 2. The minimum absolute atomic E-state index is 0.547. The smallest absolute Gasteiger partial charge is 0.125 e. The number of hydrogen-bond acceptors (Lipinski definition) is 3. The van der Waals surface area contributed by atoms with E-state index < -0.39 is 0 Å². The first-order valence-corrected chi connectivity index (χ1v) is 6.46. The molecule has 2 heterocycles. The van der Waals surface area contributed by atoms with E-state index in [0.717, 1.165) is 25.2 Å². The number of piperidine rings is 1. The number of benzene rings is 1. The summed E-state index contributed by atoms with van der Waals surface area (Å²) in [7, 11) is 0. The fourth-order valence-corrected chi connectivity index (χ4v) is 3.06. The first-order chi connectivity index (χ1) is 8.36. The minimum atomic E-state index is 0.547. The summed E-state index contributed by atoms with van der Waals surface area (Å²) in [6, 6.07) is 8.47. The second-order valence-electron chi connectivity index (χ2n) is 5.03. The maximum Gasteiger partial charge on any atom is 0.125 e. The molecule has 1 aromatic rings. The summed E-state index contributed by atoms with van der Waals surface area (Å²) in [6.07, 6.45) is 2.59. The molecule has 90 valence electrons. The third-order valence-electron chi connectivity index (χ3n) is 4.00. The van der Waals surface area contributed by atoms with E-state index in [0.29, 0.717) is 17.7 Å². The quantitative estimate of drug-likeness (QED) is 0.766. The van der Waals surface area contributed by atoms with Crippen molar-refractivity contribution < 1.29 is 0 Å². The van der Waals surface area contributed by atoms with Gasteiger partial charge in [-0.2, -0.15) is 0 Å². The lowest BCUT2D eigenvalue weighted by Gasteiger charge is -2.33. The third-order valence-corrected chi connectivity index (χ3v) is 4.00. The molecular weight excluding hydrogens is 210 g/mol. The largest absolute Gasteiger partial charge is 0.383 e. The summed E-state index contributed by atoms with van der Waals surface area (Å²) >= 11 is 0. The third kappa shape index (κ3) is 1.95. The predicted octanol–water partition coefficient (Wildman–Crippen LogP) is 1.49. The Morgan fingerprint density at radius 3 is 3.00 bits per heavy atom. The van der Waals surface area contributed by atoms with Gasteiger partial charge in [-0.3, -0.25) is 4.99 Å². The first-order valence-electron chi connectivity index (χ1n) is 6.46. The monoisotopic (exact) mass is 229 g/mol. The van der Waals surface area contributed by atoms with Gasteiger partial charge in [0.25, 0.3) is 0 Å². The highest BCUT2D eigenvalue weighted by molar-refractivity contribution is 5.99. The van der Waals surface area contributed by atoms with Crippen LogP contribution in [0, 0.1) is 5.92 Å². The average Bonchev–Trinajstić information content (AvgIpc) is 2.41. The molecule has 2 unspecified atom stereocenters. The van der Waals surface area contributed by atoms with Gasteiger partial charge in [0.2, 0.25) is 0 Å². The van der Waals surface area contributed by atoms with E-state index in [1.54, 1.807) is 0 Å². The van der Waals surface area contributed by atoms with Crippen molar-refractivity contribution in [1.82, 2.24) is 5.32 Å². The van der Waals surface area contributed by atoms with Gasteiger partial charge in [0, 0.05) is 18.0 Å². The van der Waals surface area contributed by atoms with E-state index in [-0.39, 0.29) is 0 Å². The van der Waals surface area contributed by atoms with Crippen molar-refractivity contribution in [3.8, 4) is 0 Å². The predicted molar refractivity (Wildman–Crippen MR) is 70.4 cm³/mol. The molecule has 0 radical (unpaired) electrons. The van der Waals surface area contributed by atoms with Crippen LogP contribution in [0.1, 0.15) is 29.9 Å². The zero-order valence-electron chi connectivity index (χ0n) is 10.0. The highest BCUT2D eigenvalue weighted by Gasteiger charge is 2.29. The molecule has 2 atom stereocenters. The van der Waals surface area contributed by atoms with Crippen molar-refractivity contribution in [2.75, 3.05) is 19.6 Å². The van der Waals surface area contributed by atoms with E-state index in [2.05, 4.69) is 28.5 Å². The SMILES string of the molecule is NC1=NCC(C2CCCNC2)c2ccccc21. The fourth-order valence-electron chi connectivity index (χ4n) is 3.06. The minimum Gasteiger partial charge on any atom is -0.383 e. The Labute approximate surface area is 102 Å². The summed E-state index contributed by atoms with van der Waals surface area (Å²) in [5, 5.41) is 3.49. The molecule has 3 N–H and O–H groups in total. The Morgan fingerprint density at radius 2 is 2.18 bits per heavy atom. The maximum absolute atomic E-state index is 5.97. The van der Waals surface area contributed by atoms with Gasteiger partial charge in [-0.1, -0.05) is 24.3 Å². The van der Waals surface area contributed by atoms with Crippen LogP contribution < -0.4 is 11.1 Å². The van der Waals surface area contributed by atoms with Crippen molar-refractivity contribution in [3.63, 3.8) is 0 Å². The van der Waals surface area contributed by atoms with Crippen LogP contribution in [-0.4, -0.2) is 25.5 Å². The molecule has 3 heteroatoms. The normalized spacial score (nSPS) is 28.4. The van der Waals surface area contributed by atoms with Gasteiger partial charge < -0.3 is 11.1 Å². The lowest BCUT2D eigenvalue weighted by atomic mass is 9.78. The molecule has 3 nitrogen and oxygen atoms in total. The Hall–Kier alpha value is -1.35. The number of aliphatic imine (C=N–C) groups is 1. The van der Waals surface area contributed by atoms with E-state index >= 15 is 0 Å². The summed E-state index contributed by atoms with van der Waals surface area (Å²) in [5.41, 5.74) is 8.52. The Kier molecular flexibility index (Phi) is 2.85. The Balaban J connectivity index is 1.92. The highest BCUT2D eigenvalue weighted by atomic mass is 14.9. The van der Waals surface area contributed by atoms with Gasteiger partial charge in [0.1, 0.15) is 5.84 Å². The molecule has 3 rings (SSSR count). The number of amidine groups is 1. The molecule has 1 aromatic carbocycles. The molecular formula is C14H19N3. The van der Waals surface area contributed by atoms with Crippen molar-refractivity contribution >= 4 is 5.84 Å². The standard InChI is InChI=1S/C14H19N3/c15-14-12-6-2-1-5-11(12)13(9-17-14)10-4-3-7-16-8-10/h1-2,5-6,10,13,16H,3-4,7-9H2,(H2,15,17). The summed E-state index contributed by atoms with van der Waals surface area (Å²) in [5.74, 6) is 1.97. The van der Waals surface area contributed by atoms with Gasteiger partial charge in [-0.05, 0) is 37.4 Å². The van der Waals surface area contributed by atoms with E-state index in [1.807, 2.05) is 6.07 Å². The molecule has 17 heavy (non-hydrogen) atoms. The molecule has 0 aromatic heterocycles. The van der Waals surface area contributed by atoms with Crippen LogP contribution in [0.4, 0.5) is 0 Å². The van der Waals surface area contributed by atoms with Crippen LogP contribution in [0.25, 0.3) is 0 Å². The van der Waals surface area contributed by atoms with Crippen LogP contribution in [-0.2, 0) is 0 Å². The van der Waals surface area contributed by atoms with E-state index in [4.69, 9.17) is 5.73 Å². The summed E-state index contributed by atoms with van der Waals surface area (Å²) in [4.78, 5) is 4.49. The Bertz CT molecular complexity index is 433. The molecule has 0 bridgehead atoms. The Morgan fingerprint density at radius 1 is 1.29 bits per heavy atom. The zero-order valence-corrected chi connectivity index (χ0v) is 10.0. The van der Waals surface area contributed by atoms with Crippen molar-refractivity contribution in [2.24, 2.45) is 16.6 Å². The lowest BCUT2D eigenvalue weighted by Crippen LogP contribution is -2.36. The topological polar surface area (TPSA) is 50.4 Å². The number of rotatable bonds is 1. The van der Waals surface area contributed by atoms with Crippen molar-refractivity contribution in [3.05, 3.63) is 35.4 Å².